The summed E-state index contributed by atoms with van der Waals surface area (Å²) in [7, 11) is 1.56. The Morgan fingerprint density at radius 2 is 2.21 bits per heavy atom. The molecule has 6 rings (SSSR count). The van der Waals surface area contributed by atoms with Crippen LogP contribution in [0.5, 0.6) is 0 Å². The molecule has 0 aromatic heterocycles. The molecule has 1 N–H and O–H groups in total. The third-order valence-corrected chi connectivity index (χ3v) is 8.63. The molecule has 0 saturated carbocycles. The van der Waals surface area contributed by atoms with Gasteiger partial charge in [-0.3, -0.25) is 4.90 Å². The van der Waals surface area contributed by atoms with Crippen molar-refractivity contribution in [3.8, 4) is 0 Å². The van der Waals surface area contributed by atoms with Crippen LogP contribution in [0.1, 0.15) is 46.5 Å². The first-order valence-electron chi connectivity index (χ1n) is 10.9. The molecule has 0 aliphatic carbocycles. The maximum absolute atomic E-state index is 12.2. The molecule has 0 aromatic carbocycles. The number of aliphatic hydroxyl groups excluding tert-OH is 1. The number of methoxy groups -OCH3 is 1. The van der Waals surface area contributed by atoms with Crippen molar-refractivity contribution in [1.29, 1.82) is 0 Å². The Kier molecular flexibility index (Phi) is 3.49. The largest absolute Gasteiger partial charge is 0.492 e. The van der Waals surface area contributed by atoms with Crippen LogP contribution in [0.2, 0.25) is 0 Å². The Balaban J connectivity index is 1.46. The Hall–Kier alpha value is -1.57. The molecule has 158 valence electrons. The second-order valence-corrected chi connectivity index (χ2v) is 9.58. The van der Waals surface area contributed by atoms with Crippen LogP contribution in [0.3, 0.4) is 0 Å². The van der Waals surface area contributed by atoms with Gasteiger partial charge in [0, 0.05) is 17.9 Å². The smallest absolute Gasteiger partial charge is 0.343 e. The van der Waals surface area contributed by atoms with Gasteiger partial charge < -0.3 is 24.1 Å². The minimum atomic E-state index is -0.683. The summed E-state index contributed by atoms with van der Waals surface area (Å²) in [5.41, 5.74) is 0.346. The van der Waals surface area contributed by atoms with E-state index in [1.807, 2.05) is 6.92 Å². The van der Waals surface area contributed by atoms with Gasteiger partial charge in [-0.1, -0.05) is 13.8 Å². The highest BCUT2D eigenvalue weighted by Gasteiger charge is 2.84. The summed E-state index contributed by atoms with van der Waals surface area (Å²) in [6, 6.07) is 0.373. The average molecular weight is 403 g/mol. The number of carbonyl (C=O) groups excluding carboxylic acids is 1. The predicted octanol–water partition coefficient (Wildman–Crippen LogP) is 2.06. The quantitative estimate of drug-likeness (QED) is 0.720. The van der Waals surface area contributed by atoms with Crippen molar-refractivity contribution >= 4 is 5.97 Å². The van der Waals surface area contributed by atoms with Crippen molar-refractivity contribution in [2.24, 2.45) is 17.8 Å². The van der Waals surface area contributed by atoms with Crippen LogP contribution in [0.15, 0.2) is 22.9 Å². The van der Waals surface area contributed by atoms with Crippen molar-refractivity contribution in [3.05, 3.63) is 22.9 Å². The van der Waals surface area contributed by atoms with Gasteiger partial charge >= 0.3 is 5.97 Å². The number of cyclic esters (lactones) is 1. The molecule has 0 amide bonds. The number of hydrogen-bond donors (Lipinski definition) is 1. The number of ether oxygens (including phenoxy) is 4. The normalized spacial score (nSPS) is 52.2. The molecule has 6 aliphatic rings. The van der Waals surface area contributed by atoms with Crippen LogP contribution in [-0.2, 0) is 23.7 Å². The average Bonchev–Trinajstić information content (AvgIpc) is 3.40. The van der Waals surface area contributed by atoms with Crippen LogP contribution in [0.4, 0.5) is 0 Å². The molecule has 0 aromatic rings. The molecule has 5 fully saturated rings. The Morgan fingerprint density at radius 1 is 1.41 bits per heavy atom. The van der Waals surface area contributed by atoms with Gasteiger partial charge in [-0.05, 0) is 39.2 Å². The second-order valence-electron chi connectivity index (χ2n) is 9.58. The first-order valence-corrected chi connectivity index (χ1v) is 10.9. The molecular formula is C22H29NO6. The van der Waals surface area contributed by atoms with Crippen molar-refractivity contribution in [3.63, 3.8) is 0 Å². The van der Waals surface area contributed by atoms with Gasteiger partial charge in [0.25, 0.3) is 0 Å². The number of aliphatic hydroxyl groups is 1. The number of allylic oxidation sites excluding steroid dienone is 1. The molecule has 9 atom stereocenters. The number of fused-ring (bicyclic) bond motifs is 1. The highest BCUT2D eigenvalue weighted by Crippen LogP contribution is 2.73. The molecule has 5 saturated heterocycles. The zero-order valence-electron chi connectivity index (χ0n) is 17.4. The summed E-state index contributed by atoms with van der Waals surface area (Å²) in [4.78, 5) is 14.8. The van der Waals surface area contributed by atoms with E-state index in [0.717, 1.165) is 32.2 Å². The summed E-state index contributed by atoms with van der Waals surface area (Å²) in [5.74, 6) is 0.990. The summed E-state index contributed by atoms with van der Waals surface area (Å²) < 4.78 is 24.5. The molecule has 1 spiro atoms. The van der Waals surface area contributed by atoms with E-state index in [9.17, 15) is 9.90 Å². The highest BCUT2D eigenvalue weighted by molar-refractivity contribution is 5.93. The van der Waals surface area contributed by atoms with Gasteiger partial charge in [-0.15, -0.1) is 0 Å². The molecule has 5 bridgehead atoms. The van der Waals surface area contributed by atoms with E-state index in [1.165, 1.54) is 0 Å². The van der Waals surface area contributed by atoms with Gasteiger partial charge in [0.05, 0.1) is 36.3 Å². The van der Waals surface area contributed by atoms with Crippen LogP contribution in [-0.4, -0.2) is 59.2 Å². The summed E-state index contributed by atoms with van der Waals surface area (Å²) >= 11 is 0. The van der Waals surface area contributed by atoms with E-state index in [0.29, 0.717) is 28.9 Å². The Bertz CT molecular complexity index is 865. The zero-order chi connectivity index (χ0) is 20.3. The minimum Gasteiger partial charge on any atom is -0.492 e. The lowest BCUT2D eigenvalue weighted by molar-refractivity contribution is -0.256. The van der Waals surface area contributed by atoms with E-state index in [-0.39, 0.29) is 41.5 Å². The molecular weight excluding hydrogens is 374 g/mol. The first kappa shape index (κ1) is 18.2. The number of hydrogen-bond acceptors (Lipinski definition) is 7. The van der Waals surface area contributed by atoms with Crippen molar-refractivity contribution in [2.45, 2.75) is 76.0 Å². The Morgan fingerprint density at radius 3 is 2.93 bits per heavy atom. The molecule has 0 radical (unpaired) electrons. The molecule has 6 aliphatic heterocycles. The van der Waals surface area contributed by atoms with E-state index in [2.05, 4.69) is 11.8 Å². The van der Waals surface area contributed by atoms with E-state index >= 15 is 0 Å². The van der Waals surface area contributed by atoms with Gasteiger partial charge in [0.1, 0.15) is 5.76 Å². The standard InChI is InChI=1S/C22H29NO6/c1-5-12(24)9-21-14-6-7-23(21)13-8-15(21)28-22(14)16(13)10(2)18(29-22)19-17(26-4)11(3)20(25)27-19/h10,12-16,24H,5-9H2,1-4H3/b19-18-/t10-,12?,13-,14+,15+,16+,21-,22+/m0/s1. The van der Waals surface area contributed by atoms with E-state index in [1.54, 1.807) is 14.0 Å². The third-order valence-electron chi connectivity index (χ3n) is 8.63. The summed E-state index contributed by atoms with van der Waals surface area (Å²) in [6.07, 6.45) is 3.26. The van der Waals surface area contributed by atoms with Crippen LogP contribution in [0.25, 0.3) is 0 Å². The molecule has 6 heterocycles. The Labute approximate surface area is 170 Å². The van der Waals surface area contributed by atoms with Gasteiger partial charge in [-0.2, -0.15) is 0 Å². The number of carbonyl (C=O) groups is 1. The zero-order valence-corrected chi connectivity index (χ0v) is 17.4. The van der Waals surface area contributed by atoms with Crippen molar-refractivity contribution in [1.82, 2.24) is 4.90 Å². The SMILES string of the molecule is CCC(O)C[C@@]12[C@H]3C[C@H]4[C@H]5[C@H](C)/C(=C6/OC(=O)C(C)=C6OC)O[C@]5(O3)[C@@H]1CCN42. The third kappa shape index (κ3) is 1.85. The summed E-state index contributed by atoms with van der Waals surface area (Å²) in [5, 5.41) is 10.6. The van der Waals surface area contributed by atoms with Crippen LogP contribution in [0, 0.1) is 17.8 Å². The lowest BCUT2D eigenvalue weighted by Crippen LogP contribution is -2.61. The maximum atomic E-state index is 12.2. The lowest BCUT2D eigenvalue weighted by Gasteiger charge is -2.48. The fraction of sp³-hybridized carbons (Fsp3) is 0.773. The number of piperidine rings is 1. The van der Waals surface area contributed by atoms with Gasteiger partial charge in [0.2, 0.25) is 11.5 Å². The van der Waals surface area contributed by atoms with Gasteiger partial charge in [0.15, 0.2) is 5.76 Å². The van der Waals surface area contributed by atoms with Crippen LogP contribution < -0.4 is 0 Å². The number of esters is 1. The second kappa shape index (κ2) is 5.56. The van der Waals surface area contributed by atoms with Crippen molar-refractivity contribution < 1.29 is 28.8 Å². The molecule has 2 unspecified atom stereocenters. The lowest BCUT2D eigenvalue weighted by atomic mass is 9.69. The van der Waals surface area contributed by atoms with E-state index in [4.69, 9.17) is 18.9 Å². The highest BCUT2D eigenvalue weighted by atomic mass is 16.7. The number of rotatable bonds is 4. The molecule has 29 heavy (non-hydrogen) atoms. The minimum absolute atomic E-state index is 0.0649. The first-order chi connectivity index (χ1) is 13.9. The predicted molar refractivity (Wildman–Crippen MR) is 101 cm³/mol. The molecule has 7 nitrogen and oxygen atoms in total. The maximum Gasteiger partial charge on any atom is 0.343 e. The fourth-order valence-electron chi connectivity index (χ4n) is 7.61. The summed E-state index contributed by atoms with van der Waals surface area (Å²) in [6.45, 7) is 6.95. The van der Waals surface area contributed by atoms with Gasteiger partial charge in [-0.25, -0.2) is 4.79 Å². The topological polar surface area (TPSA) is 77.5 Å². The monoisotopic (exact) mass is 403 g/mol. The van der Waals surface area contributed by atoms with Crippen LogP contribution >= 0.6 is 0 Å². The number of nitrogens with zero attached hydrogens (tertiary/aromatic N) is 1. The fourth-order valence-corrected chi connectivity index (χ4v) is 7.61. The van der Waals surface area contributed by atoms with Crippen molar-refractivity contribution in [2.75, 3.05) is 13.7 Å². The molecule has 7 heteroatoms. The van der Waals surface area contributed by atoms with E-state index < -0.39 is 5.79 Å².